The maximum atomic E-state index is 12.7. The van der Waals surface area contributed by atoms with Gasteiger partial charge in [0.05, 0.1) is 11.0 Å². The quantitative estimate of drug-likeness (QED) is 0.767. The molecule has 0 bridgehead atoms. The number of sulfonamides is 1. The van der Waals surface area contributed by atoms with Crippen molar-refractivity contribution >= 4 is 34.0 Å². The molecular weight excluding hydrogens is 359 g/mol. The van der Waals surface area contributed by atoms with Gasteiger partial charge in [0.25, 0.3) is 0 Å². The zero-order valence-electron chi connectivity index (χ0n) is 13.2. The van der Waals surface area contributed by atoms with E-state index in [9.17, 15) is 8.42 Å². The Hall–Kier alpha value is -0.370. The van der Waals surface area contributed by atoms with E-state index in [1.165, 1.54) is 10.4 Å². The normalized spacial score (nSPS) is 17.0. The van der Waals surface area contributed by atoms with E-state index in [0.29, 0.717) is 54.6 Å². The van der Waals surface area contributed by atoms with Crippen molar-refractivity contribution in [1.82, 2.24) is 4.31 Å². The number of rotatable bonds is 6. The third-order valence-electron chi connectivity index (χ3n) is 3.87. The van der Waals surface area contributed by atoms with E-state index < -0.39 is 10.0 Å². The first-order valence-electron chi connectivity index (χ1n) is 7.53. The maximum Gasteiger partial charge on any atom is 0.243 e. The van der Waals surface area contributed by atoms with Gasteiger partial charge in [-0.3, -0.25) is 0 Å². The van der Waals surface area contributed by atoms with Gasteiger partial charge in [0.2, 0.25) is 10.0 Å². The van der Waals surface area contributed by atoms with Gasteiger partial charge in [-0.1, -0.05) is 17.7 Å². The summed E-state index contributed by atoms with van der Waals surface area (Å²) in [5.74, 6) is 0. The molecule has 0 aliphatic carbocycles. The van der Waals surface area contributed by atoms with Gasteiger partial charge in [0.1, 0.15) is 0 Å². The summed E-state index contributed by atoms with van der Waals surface area (Å²) in [5, 5.41) is 0.434. The van der Waals surface area contributed by atoms with Gasteiger partial charge in [-0.25, -0.2) is 8.42 Å². The van der Waals surface area contributed by atoms with Crippen molar-refractivity contribution < 1.29 is 13.2 Å². The Morgan fingerprint density at radius 3 is 2.61 bits per heavy atom. The van der Waals surface area contributed by atoms with E-state index >= 15 is 0 Å². The predicted molar refractivity (Wildman–Crippen MR) is 94.8 cm³/mol. The molecule has 2 rings (SSSR count). The molecule has 0 saturated carbocycles. The van der Waals surface area contributed by atoms with Gasteiger partial charge in [0.15, 0.2) is 0 Å². The fraction of sp³-hybridized carbons (Fsp3) is 0.600. The van der Waals surface area contributed by atoms with Crippen LogP contribution in [0.25, 0.3) is 0 Å². The zero-order valence-corrected chi connectivity index (χ0v) is 15.6. The Balaban J connectivity index is 0.00000264. The summed E-state index contributed by atoms with van der Waals surface area (Å²) < 4.78 is 32.7. The van der Waals surface area contributed by atoms with Crippen LogP contribution in [0, 0.1) is 6.92 Å². The highest BCUT2D eigenvalue weighted by atomic mass is 35.5. The highest BCUT2D eigenvalue weighted by Gasteiger charge is 2.30. The van der Waals surface area contributed by atoms with E-state index in [2.05, 4.69) is 0 Å². The van der Waals surface area contributed by atoms with Gasteiger partial charge in [-0.15, -0.1) is 12.4 Å². The van der Waals surface area contributed by atoms with Crippen molar-refractivity contribution in [2.75, 3.05) is 26.2 Å². The first-order valence-corrected chi connectivity index (χ1v) is 9.35. The molecule has 0 unspecified atom stereocenters. The summed E-state index contributed by atoms with van der Waals surface area (Å²) in [4.78, 5) is 0.294. The molecule has 1 aromatic carbocycles. The van der Waals surface area contributed by atoms with Crippen LogP contribution in [0.15, 0.2) is 23.1 Å². The molecule has 1 aliphatic rings. The molecule has 1 aromatic rings. The largest absolute Gasteiger partial charge is 0.378 e. The van der Waals surface area contributed by atoms with Crippen LogP contribution >= 0.6 is 24.0 Å². The number of hydrogen-bond donors (Lipinski definition) is 1. The molecule has 0 spiro atoms. The second-order valence-corrected chi connectivity index (χ2v) is 7.87. The SMILES string of the molecule is Cc1ccc(Cl)cc1S(=O)(=O)N1CCC(OCCCN)CC1.Cl. The number of aryl methyl sites for hydroxylation is 1. The number of nitrogens with two attached hydrogens (primary N) is 1. The minimum Gasteiger partial charge on any atom is -0.378 e. The van der Waals surface area contributed by atoms with Crippen LogP contribution in [0.4, 0.5) is 0 Å². The van der Waals surface area contributed by atoms with E-state index in [1.807, 2.05) is 0 Å². The molecule has 0 aromatic heterocycles. The summed E-state index contributed by atoms with van der Waals surface area (Å²) in [6.07, 6.45) is 2.38. The summed E-state index contributed by atoms with van der Waals surface area (Å²) in [6.45, 7) is 3.98. The average molecular weight is 383 g/mol. The highest BCUT2D eigenvalue weighted by molar-refractivity contribution is 7.89. The first kappa shape index (κ1) is 20.7. The summed E-state index contributed by atoms with van der Waals surface area (Å²) in [6, 6.07) is 4.96. The number of piperidine rings is 1. The second-order valence-electron chi connectivity index (χ2n) is 5.53. The van der Waals surface area contributed by atoms with Crippen LogP contribution < -0.4 is 5.73 Å². The van der Waals surface area contributed by atoms with Gasteiger partial charge in [-0.2, -0.15) is 4.31 Å². The van der Waals surface area contributed by atoms with E-state index in [4.69, 9.17) is 22.1 Å². The van der Waals surface area contributed by atoms with Crippen LogP contribution in [-0.2, 0) is 14.8 Å². The Labute approximate surface area is 149 Å². The lowest BCUT2D eigenvalue weighted by Gasteiger charge is -2.31. The predicted octanol–water partition coefficient (Wildman–Crippen LogP) is 2.59. The second kappa shape index (κ2) is 9.20. The lowest BCUT2D eigenvalue weighted by molar-refractivity contribution is 0.0209. The first-order chi connectivity index (χ1) is 10.4. The molecule has 1 fully saturated rings. The van der Waals surface area contributed by atoms with Crippen molar-refractivity contribution in [3.63, 3.8) is 0 Å². The van der Waals surface area contributed by atoms with E-state index in [-0.39, 0.29) is 18.5 Å². The van der Waals surface area contributed by atoms with Crippen molar-refractivity contribution in [1.29, 1.82) is 0 Å². The van der Waals surface area contributed by atoms with Crippen molar-refractivity contribution in [2.24, 2.45) is 5.73 Å². The van der Waals surface area contributed by atoms with Crippen molar-refractivity contribution in [2.45, 2.75) is 37.2 Å². The monoisotopic (exact) mass is 382 g/mol. The number of halogens is 2. The molecule has 132 valence electrons. The van der Waals surface area contributed by atoms with Crippen LogP contribution in [0.5, 0.6) is 0 Å². The highest BCUT2D eigenvalue weighted by Crippen LogP contribution is 2.26. The molecule has 2 N–H and O–H groups in total. The molecule has 1 saturated heterocycles. The Bertz CT molecular complexity index is 603. The fourth-order valence-corrected chi connectivity index (χ4v) is 4.52. The molecule has 1 heterocycles. The fourth-order valence-electron chi connectivity index (χ4n) is 2.56. The standard InChI is InChI=1S/C15H23ClN2O3S.ClH/c1-12-3-4-13(16)11-15(12)22(19,20)18-8-5-14(6-9-18)21-10-2-7-17;/h3-4,11,14H,2,5-10,17H2,1H3;1H. The Kier molecular flexibility index (Phi) is 8.27. The van der Waals surface area contributed by atoms with E-state index in [0.717, 1.165) is 6.42 Å². The van der Waals surface area contributed by atoms with Gasteiger partial charge < -0.3 is 10.5 Å². The molecule has 1 aliphatic heterocycles. The third-order valence-corrected chi connectivity index (χ3v) is 6.15. The number of nitrogens with zero attached hydrogens (tertiary/aromatic N) is 1. The molecule has 0 atom stereocenters. The van der Waals surface area contributed by atoms with Gasteiger partial charge in [0, 0.05) is 24.7 Å². The molecule has 5 nitrogen and oxygen atoms in total. The Morgan fingerprint density at radius 1 is 1.35 bits per heavy atom. The smallest absolute Gasteiger partial charge is 0.243 e. The van der Waals surface area contributed by atoms with Gasteiger partial charge in [-0.05, 0) is 50.4 Å². The van der Waals surface area contributed by atoms with E-state index in [1.54, 1.807) is 19.1 Å². The number of hydrogen-bond acceptors (Lipinski definition) is 4. The molecular formula is C15H24Cl2N2O3S. The topological polar surface area (TPSA) is 72.6 Å². The lowest BCUT2D eigenvalue weighted by Crippen LogP contribution is -2.41. The van der Waals surface area contributed by atoms with Gasteiger partial charge >= 0.3 is 0 Å². The summed E-state index contributed by atoms with van der Waals surface area (Å²) in [7, 11) is -3.49. The van der Waals surface area contributed by atoms with Crippen LogP contribution in [-0.4, -0.2) is 45.1 Å². The van der Waals surface area contributed by atoms with Crippen LogP contribution in [0.2, 0.25) is 5.02 Å². The number of ether oxygens (including phenoxy) is 1. The lowest BCUT2D eigenvalue weighted by atomic mass is 10.1. The number of benzene rings is 1. The molecule has 23 heavy (non-hydrogen) atoms. The minimum atomic E-state index is -3.49. The molecule has 0 amide bonds. The van der Waals surface area contributed by atoms with Crippen LogP contribution in [0.3, 0.4) is 0 Å². The van der Waals surface area contributed by atoms with Crippen LogP contribution in [0.1, 0.15) is 24.8 Å². The third kappa shape index (κ3) is 5.31. The summed E-state index contributed by atoms with van der Waals surface area (Å²) in [5.41, 5.74) is 6.15. The maximum absolute atomic E-state index is 12.7. The molecule has 8 heteroatoms. The Morgan fingerprint density at radius 2 is 2.00 bits per heavy atom. The zero-order chi connectivity index (χ0) is 16.2. The van der Waals surface area contributed by atoms with Crippen molar-refractivity contribution in [3.8, 4) is 0 Å². The molecule has 0 radical (unpaired) electrons. The van der Waals surface area contributed by atoms with Crippen molar-refractivity contribution in [3.05, 3.63) is 28.8 Å². The average Bonchev–Trinajstić information content (AvgIpc) is 2.50. The summed E-state index contributed by atoms with van der Waals surface area (Å²) >= 11 is 5.94. The minimum absolute atomic E-state index is 0.